The minimum atomic E-state index is 0.688. The molecule has 1 rings (SSSR count). The van der Waals surface area contributed by atoms with E-state index in [0.29, 0.717) is 6.61 Å². The van der Waals surface area contributed by atoms with E-state index in [1.54, 1.807) is 0 Å². The molecule has 0 aromatic carbocycles. The normalized spacial score (nSPS) is 16.2. The summed E-state index contributed by atoms with van der Waals surface area (Å²) in [7, 11) is 2.02. The second kappa shape index (κ2) is 5.70. The van der Waals surface area contributed by atoms with E-state index < -0.39 is 0 Å². The molecular weight excluding hydrogens is 150 g/mol. The van der Waals surface area contributed by atoms with Crippen LogP contribution in [0.2, 0.25) is 0 Å². The van der Waals surface area contributed by atoms with Gasteiger partial charge in [-0.25, -0.2) is 0 Å². The molecule has 1 heterocycles. The third-order valence-corrected chi connectivity index (χ3v) is 1.76. The van der Waals surface area contributed by atoms with E-state index in [-0.39, 0.29) is 0 Å². The summed E-state index contributed by atoms with van der Waals surface area (Å²) < 4.78 is 5.34. The van der Waals surface area contributed by atoms with Crippen molar-refractivity contribution < 1.29 is 4.74 Å². The van der Waals surface area contributed by atoms with Gasteiger partial charge in [0.05, 0.1) is 5.70 Å². The molecule has 12 heavy (non-hydrogen) atoms. The van der Waals surface area contributed by atoms with Gasteiger partial charge in [0.2, 0.25) is 0 Å². The first-order valence-corrected chi connectivity index (χ1v) is 4.41. The van der Waals surface area contributed by atoms with Crippen LogP contribution in [0.1, 0.15) is 27.7 Å². The molecular formula is C10H19NO. The van der Waals surface area contributed by atoms with Crippen LogP contribution >= 0.6 is 0 Å². The smallest absolute Gasteiger partial charge is 0.112 e. The Balaban J connectivity index is 0.000000561. The van der Waals surface area contributed by atoms with Crippen LogP contribution in [0.3, 0.4) is 0 Å². The maximum atomic E-state index is 5.34. The fourth-order valence-electron chi connectivity index (χ4n) is 0.839. The highest BCUT2D eigenvalue weighted by molar-refractivity contribution is 5.08. The highest BCUT2D eigenvalue weighted by Gasteiger charge is 2.03. The van der Waals surface area contributed by atoms with Crippen LogP contribution < -0.4 is 0 Å². The van der Waals surface area contributed by atoms with E-state index >= 15 is 0 Å². The van der Waals surface area contributed by atoms with Gasteiger partial charge in [0.1, 0.15) is 12.4 Å². The average molecular weight is 169 g/mol. The van der Waals surface area contributed by atoms with Crippen molar-refractivity contribution >= 4 is 0 Å². The van der Waals surface area contributed by atoms with Crippen molar-refractivity contribution in [3.8, 4) is 0 Å². The quantitative estimate of drug-likeness (QED) is 0.553. The van der Waals surface area contributed by atoms with Gasteiger partial charge in [0.15, 0.2) is 0 Å². The molecule has 70 valence electrons. The lowest BCUT2D eigenvalue weighted by Crippen LogP contribution is -2.07. The molecule has 0 spiro atoms. The molecule has 1 aliphatic heterocycles. The number of allylic oxidation sites excluding steroid dienone is 2. The van der Waals surface area contributed by atoms with Gasteiger partial charge in [-0.3, -0.25) is 0 Å². The van der Waals surface area contributed by atoms with Crippen LogP contribution in [0.25, 0.3) is 0 Å². The van der Waals surface area contributed by atoms with E-state index in [4.69, 9.17) is 4.74 Å². The maximum absolute atomic E-state index is 5.34. The summed E-state index contributed by atoms with van der Waals surface area (Å²) >= 11 is 0. The minimum Gasteiger partial charge on any atom is -0.492 e. The first-order valence-electron chi connectivity index (χ1n) is 4.41. The summed E-state index contributed by atoms with van der Waals surface area (Å²) in [5.41, 5.74) is 1.17. The van der Waals surface area contributed by atoms with E-state index in [0.717, 1.165) is 5.76 Å². The Labute approximate surface area is 75.5 Å². The molecule has 0 N–H and O–H groups in total. The molecule has 0 saturated heterocycles. The van der Waals surface area contributed by atoms with Gasteiger partial charge in [0.25, 0.3) is 0 Å². The molecule has 2 heteroatoms. The Morgan fingerprint density at radius 2 is 1.92 bits per heavy atom. The summed E-state index contributed by atoms with van der Waals surface area (Å²) in [6.45, 7) is 8.72. The summed E-state index contributed by atoms with van der Waals surface area (Å²) in [4.78, 5) is 2.06. The molecule has 0 aliphatic carbocycles. The van der Waals surface area contributed by atoms with Gasteiger partial charge in [-0.2, -0.15) is 0 Å². The first-order chi connectivity index (χ1) is 5.72. The van der Waals surface area contributed by atoms with Crippen molar-refractivity contribution in [2.24, 2.45) is 0 Å². The number of ether oxygens (including phenoxy) is 1. The molecule has 1 aliphatic rings. The SMILES string of the molecule is CC.CC1=C(C)N(C)C=CCO1. The van der Waals surface area contributed by atoms with Gasteiger partial charge in [-0.05, 0) is 19.9 Å². The fraction of sp³-hybridized carbons (Fsp3) is 0.600. The van der Waals surface area contributed by atoms with E-state index in [9.17, 15) is 0 Å². The number of nitrogens with zero attached hydrogens (tertiary/aromatic N) is 1. The second-order valence-electron chi connectivity index (χ2n) is 2.45. The highest BCUT2D eigenvalue weighted by atomic mass is 16.5. The molecule has 0 saturated carbocycles. The van der Waals surface area contributed by atoms with Crippen molar-refractivity contribution in [1.82, 2.24) is 4.90 Å². The zero-order valence-corrected chi connectivity index (χ0v) is 8.72. The molecule has 2 nitrogen and oxygen atoms in total. The fourth-order valence-corrected chi connectivity index (χ4v) is 0.839. The molecule has 0 amide bonds. The Bertz CT molecular complexity index is 182. The number of rotatable bonds is 0. The Morgan fingerprint density at radius 1 is 1.33 bits per heavy atom. The standard InChI is InChI=1S/C8H13NO.C2H6/c1-7-8(2)10-6-4-5-9(7)3;1-2/h4-5H,6H2,1-3H3;1-2H3. The molecule has 0 atom stereocenters. The van der Waals surface area contributed by atoms with Crippen molar-refractivity contribution in [1.29, 1.82) is 0 Å². The van der Waals surface area contributed by atoms with Gasteiger partial charge < -0.3 is 9.64 Å². The zero-order valence-electron chi connectivity index (χ0n) is 8.72. The molecule has 0 bridgehead atoms. The Morgan fingerprint density at radius 3 is 2.50 bits per heavy atom. The van der Waals surface area contributed by atoms with Gasteiger partial charge >= 0.3 is 0 Å². The second-order valence-corrected chi connectivity index (χ2v) is 2.45. The van der Waals surface area contributed by atoms with Crippen molar-refractivity contribution in [2.45, 2.75) is 27.7 Å². The van der Waals surface area contributed by atoms with Gasteiger partial charge in [-0.1, -0.05) is 13.8 Å². The topological polar surface area (TPSA) is 12.5 Å². The van der Waals surface area contributed by atoms with Crippen molar-refractivity contribution in [3.05, 3.63) is 23.7 Å². The van der Waals surface area contributed by atoms with Crippen LogP contribution in [0.5, 0.6) is 0 Å². The van der Waals surface area contributed by atoms with Crippen LogP contribution in [-0.2, 0) is 4.74 Å². The van der Waals surface area contributed by atoms with E-state index in [1.165, 1.54) is 5.70 Å². The van der Waals surface area contributed by atoms with Crippen LogP contribution in [0.15, 0.2) is 23.7 Å². The lowest BCUT2D eigenvalue weighted by molar-refractivity contribution is 0.244. The Hall–Kier alpha value is -0.920. The summed E-state index contributed by atoms with van der Waals surface area (Å²) in [5, 5.41) is 0. The van der Waals surface area contributed by atoms with Crippen LogP contribution in [0, 0.1) is 0 Å². The summed E-state index contributed by atoms with van der Waals surface area (Å²) in [5.74, 6) is 1.01. The maximum Gasteiger partial charge on any atom is 0.112 e. The lowest BCUT2D eigenvalue weighted by Gasteiger charge is -2.14. The van der Waals surface area contributed by atoms with Crippen LogP contribution in [0.4, 0.5) is 0 Å². The molecule has 0 aromatic heterocycles. The number of hydrogen-bond donors (Lipinski definition) is 0. The predicted molar refractivity (Wildman–Crippen MR) is 52.6 cm³/mol. The van der Waals surface area contributed by atoms with E-state index in [1.807, 2.05) is 47.0 Å². The van der Waals surface area contributed by atoms with Gasteiger partial charge in [0, 0.05) is 13.2 Å². The summed E-state index contributed by atoms with van der Waals surface area (Å²) in [6.07, 6.45) is 4.02. The Kier molecular flexibility index (Phi) is 5.26. The largest absolute Gasteiger partial charge is 0.492 e. The molecule has 0 radical (unpaired) electrons. The predicted octanol–water partition coefficient (Wildman–Crippen LogP) is 2.74. The first kappa shape index (κ1) is 11.1. The minimum absolute atomic E-state index is 0.688. The van der Waals surface area contributed by atoms with Crippen molar-refractivity contribution in [3.63, 3.8) is 0 Å². The molecule has 0 unspecified atom stereocenters. The highest BCUT2D eigenvalue weighted by Crippen LogP contribution is 2.11. The zero-order chi connectivity index (χ0) is 9.56. The number of hydrogen-bond acceptors (Lipinski definition) is 2. The monoisotopic (exact) mass is 169 g/mol. The average Bonchev–Trinajstić information content (AvgIpc) is 2.24. The van der Waals surface area contributed by atoms with Crippen molar-refractivity contribution in [2.75, 3.05) is 13.7 Å². The third kappa shape index (κ3) is 2.99. The summed E-state index contributed by atoms with van der Waals surface area (Å²) in [6, 6.07) is 0. The third-order valence-electron chi connectivity index (χ3n) is 1.76. The molecule has 0 fully saturated rings. The molecule has 0 aromatic rings. The van der Waals surface area contributed by atoms with Crippen LogP contribution in [-0.4, -0.2) is 18.6 Å². The van der Waals surface area contributed by atoms with E-state index in [2.05, 4.69) is 4.90 Å². The van der Waals surface area contributed by atoms with Gasteiger partial charge in [-0.15, -0.1) is 0 Å². The lowest BCUT2D eigenvalue weighted by atomic mass is 10.4.